The van der Waals surface area contributed by atoms with Crippen molar-refractivity contribution in [2.24, 2.45) is 0 Å². The molecule has 27 heavy (non-hydrogen) atoms. The Morgan fingerprint density at radius 1 is 0.333 bits per heavy atom. The third-order valence-electron chi connectivity index (χ3n) is 5.73. The van der Waals surface area contributed by atoms with Gasteiger partial charge in [0.15, 0.2) is 0 Å². The molecule has 0 aliphatic rings. The Morgan fingerprint density at radius 2 is 0.556 bits per heavy atom. The topological polar surface area (TPSA) is 3.24 Å². The summed E-state index contributed by atoms with van der Waals surface area (Å²) in [6.07, 6.45) is 27.2. The molecule has 0 amide bonds. The Balaban J connectivity index is 0. The Bertz CT molecular complexity index is 228. The van der Waals surface area contributed by atoms with Crippen molar-refractivity contribution < 1.29 is 0 Å². The van der Waals surface area contributed by atoms with Crippen molar-refractivity contribution in [3.05, 3.63) is 0 Å². The highest BCUT2D eigenvalue weighted by molar-refractivity contribution is 5.85. The highest BCUT2D eigenvalue weighted by Crippen LogP contribution is 2.11. The number of rotatable bonds is 22. The van der Waals surface area contributed by atoms with Crippen LogP contribution in [0.5, 0.6) is 0 Å². The van der Waals surface area contributed by atoms with Crippen molar-refractivity contribution in [1.82, 2.24) is 4.90 Å². The molecule has 0 saturated heterocycles. The summed E-state index contributed by atoms with van der Waals surface area (Å²) >= 11 is 0. The third-order valence-corrected chi connectivity index (χ3v) is 5.73. The first-order chi connectivity index (χ1) is 12.8. The Hall–Kier alpha value is 0.250. The molecule has 0 fully saturated rings. The van der Waals surface area contributed by atoms with Gasteiger partial charge in [0.1, 0.15) is 0 Å². The normalized spacial score (nSPS) is 11.1. The van der Waals surface area contributed by atoms with Gasteiger partial charge in [-0.1, -0.05) is 124 Å². The second-order valence-corrected chi connectivity index (χ2v) is 8.50. The molecule has 0 aliphatic heterocycles. The standard InChI is InChI=1S/C25H53N.ClH/c1-4-7-10-13-16-19-22-25-26(23-20-17-14-11-8-5-2)24-21-18-15-12-9-6-3;/h4-25H2,1-3H3;1H. The average molecular weight is 404 g/mol. The molecular formula is C25H54ClN. The zero-order valence-corrected chi connectivity index (χ0v) is 20.2. The van der Waals surface area contributed by atoms with E-state index in [1.165, 1.54) is 142 Å². The van der Waals surface area contributed by atoms with E-state index in [1.807, 2.05) is 0 Å². The zero-order chi connectivity index (χ0) is 19.1. The predicted molar refractivity (Wildman–Crippen MR) is 128 cm³/mol. The van der Waals surface area contributed by atoms with Crippen LogP contribution in [-0.2, 0) is 0 Å². The van der Waals surface area contributed by atoms with Crippen LogP contribution in [0.15, 0.2) is 0 Å². The van der Waals surface area contributed by atoms with Gasteiger partial charge in [0, 0.05) is 0 Å². The minimum atomic E-state index is 0. The van der Waals surface area contributed by atoms with E-state index in [-0.39, 0.29) is 12.4 Å². The zero-order valence-electron chi connectivity index (χ0n) is 19.4. The van der Waals surface area contributed by atoms with Crippen LogP contribution in [0, 0.1) is 0 Å². The Labute approximate surface area is 179 Å². The average Bonchev–Trinajstić information content (AvgIpc) is 2.65. The first-order valence-electron chi connectivity index (χ1n) is 12.6. The van der Waals surface area contributed by atoms with Gasteiger partial charge in [-0.15, -0.1) is 12.4 Å². The molecule has 0 aliphatic carbocycles. The Morgan fingerprint density at radius 3 is 0.815 bits per heavy atom. The van der Waals surface area contributed by atoms with Crippen molar-refractivity contribution in [1.29, 1.82) is 0 Å². The van der Waals surface area contributed by atoms with Crippen LogP contribution in [0.3, 0.4) is 0 Å². The van der Waals surface area contributed by atoms with Gasteiger partial charge >= 0.3 is 0 Å². The van der Waals surface area contributed by atoms with Crippen LogP contribution < -0.4 is 0 Å². The van der Waals surface area contributed by atoms with Gasteiger partial charge in [0.25, 0.3) is 0 Å². The lowest BCUT2D eigenvalue weighted by Crippen LogP contribution is -2.27. The second-order valence-electron chi connectivity index (χ2n) is 8.50. The van der Waals surface area contributed by atoms with E-state index in [1.54, 1.807) is 0 Å². The molecule has 0 aromatic heterocycles. The van der Waals surface area contributed by atoms with E-state index in [0.29, 0.717) is 0 Å². The fraction of sp³-hybridized carbons (Fsp3) is 1.00. The number of unbranched alkanes of at least 4 members (excludes halogenated alkanes) is 16. The van der Waals surface area contributed by atoms with Crippen LogP contribution in [-0.4, -0.2) is 24.5 Å². The maximum absolute atomic E-state index is 2.80. The highest BCUT2D eigenvalue weighted by atomic mass is 35.5. The minimum Gasteiger partial charge on any atom is -0.303 e. The van der Waals surface area contributed by atoms with Crippen molar-refractivity contribution in [2.45, 2.75) is 143 Å². The molecule has 0 aromatic carbocycles. The van der Waals surface area contributed by atoms with Gasteiger partial charge in [0.05, 0.1) is 0 Å². The largest absolute Gasteiger partial charge is 0.303 e. The van der Waals surface area contributed by atoms with E-state index in [9.17, 15) is 0 Å². The molecule has 0 atom stereocenters. The molecule has 0 N–H and O–H groups in total. The minimum absolute atomic E-state index is 0. The fourth-order valence-electron chi connectivity index (χ4n) is 3.86. The quantitative estimate of drug-likeness (QED) is 0.163. The van der Waals surface area contributed by atoms with Gasteiger partial charge in [-0.25, -0.2) is 0 Å². The molecule has 0 saturated carbocycles. The van der Waals surface area contributed by atoms with Gasteiger partial charge < -0.3 is 4.90 Å². The molecule has 1 nitrogen and oxygen atoms in total. The maximum Gasteiger partial charge on any atom is -0.00187 e. The predicted octanol–water partition coefficient (Wildman–Crippen LogP) is 9.18. The summed E-state index contributed by atoms with van der Waals surface area (Å²) < 4.78 is 0. The van der Waals surface area contributed by atoms with E-state index in [2.05, 4.69) is 25.7 Å². The number of hydrogen-bond donors (Lipinski definition) is 0. The maximum atomic E-state index is 2.80. The molecular weight excluding hydrogens is 350 g/mol. The second kappa shape index (κ2) is 26.2. The van der Waals surface area contributed by atoms with E-state index < -0.39 is 0 Å². The van der Waals surface area contributed by atoms with Gasteiger partial charge in [-0.3, -0.25) is 0 Å². The summed E-state index contributed by atoms with van der Waals surface area (Å²) in [5.41, 5.74) is 0. The van der Waals surface area contributed by atoms with Crippen molar-refractivity contribution >= 4 is 12.4 Å². The van der Waals surface area contributed by atoms with Gasteiger partial charge in [0.2, 0.25) is 0 Å². The van der Waals surface area contributed by atoms with Gasteiger partial charge in [-0.2, -0.15) is 0 Å². The summed E-state index contributed by atoms with van der Waals surface area (Å²) in [6, 6.07) is 0. The lowest BCUT2D eigenvalue weighted by molar-refractivity contribution is 0.254. The first-order valence-corrected chi connectivity index (χ1v) is 12.6. The van der Waals surface area contributed by atoms with Crippen LogP contribution in [0.4, 0.5) is 0 Å². The first kappa shape index (κ1) is 29.5. The summed E-state index contributed by atoms with van der Waals surface area (Å²) in [4.78, 5) is 2.80. The van der Waals surface area contributed by atoms with Crippen molar-refractivity contribution in [2.75, 3.05) is 19.6 Å². The van der Waals surface area contributed by atoms with Crippen LogP contribution in [0.25, 0.3) is 0 Å². The van der Waals surface area contributed by atoms with Crippen LogP contribution >= 0.6 is 12.4 Å². The molecule has 0 rings (SSSR count). The fourth-order valence-corrected chi connectivity index (χ4v) is 3.86. The lowest BCUT2D eigenvalue weighted by atomic mass is 10.1. The van der Waals surface area contributed by atoms with E-state index >= 15 is 0 Å². The molecule has 0 bridgehead atoms. The van der Waals surface area contributed by atoms with E-state index in [0.717, 1.165) is 0 Å². The smallest absolute Gasteiger partial charge is 0.00187 e. The van der Waals surface area contributed by atoms with Crippen LogP contribution in [0.2, 0.25) is 0 Å². The molecule has 166 valence electrons. The monoisotopic (exact) mass is 403 g/mol. The third kappa shape index (κ3) is 24.2. The van der Waals surface area contributed by atoms with Crippen molar-refractivity contribution in [3.8, 4) is 0 Å². The highest BCUT2D eigenvalue weighted by Gasteiger charge is 2.05. The summed E-state index contributed by atoms with van der Waals surface area (Å²) in [5.74, 6) is 0. The van der Waals surface area contributed by atoms with Crippen molar-refractivity contribution in [3.63, 3.8) is 0 Å². The number of nitrogens with zero attached hydrogens (tertiary/aromatic N) is 1. The van der Waals surface area contributed by atoms with Crippen LogP contribution in [0.1, 0.15) is 143 Å². The van der Waals surface area contributed by atoms with E-state index in [4.69, 9.17) is 0 Å². The summed E-state index contributed by atoms with van der Waals surface area (Å²) in [5, 5.41) is 0. The Kier molecular flexibility index (Phi) is 28.6. The SMILES string of the molecule is CCCCCCCCCN(CCCCCCCC)CCCCCCCC.Cl. The summed E-state index contributed by atoms with van der Waals surface area (Å²) in [6.45, 7) is 11.0. The molecule has 0 aromatic rings. The molecule has 0 unspecified atom stereocenters. The number of hydrogen-bond acceptors (Lipinski definition) is 1. The molecule has 0 heterocycles. The van der Waals surface area contributed by atoms with Gasteiger partial charge in [-0.05, 0) is 38.9 Å². The summed E-state index contributed by atoms with van der Waals surface area (Å²) in [7, 11) is 0. The molecule has 2 heteroatoms. The molecule has 0 spiro atoms. The lowest BCUT2D eigenvalue weighted by Gasteiger charge is -2.22. The number of halogens is 1. The molecule has 0 radical (unpaired) electrons.